The number of para-hydroxylation sites is 1. The van der Waals surface area contributed by atoms with Crippen molar-refractivity contribution in [1.82, 2.24) is 5.32 Å². The number of amides is 1. The number of nitrogens with one attached hydrogen (secondary N) is 1. The summed E-state index contributed by atoms with van der Waals surface area (Å²) in [7, 11) is 1.45. The summed E-state index contributed by atoms with van der Waals surface area (Å²) >= 11 is 8.00. The molecule has 1 aliphatic rings. The summed E-state index contributed by atoms with van der Waals surface area (Å²) in [5, 5.41) is 12.0. The summed E-state index contributed by atoms with van der Waals surface area (Å²) in [5.74, 6) is -0.738. The van der Waals surface area contributed by atoms with Gasteiger partial charge in [-0.2, -0.15) is 0 Å². The number of thioether (sulfide) groups is 1. The fraction of sp³-hybridized carbons (Fsp3) is 0.105. The molecule has 0 aliphatic carbocycles. The molecule has 10 heteroatoms. The third-order valence-electron chi connectivity index (χ3n) is 3.61. The van der Waals surface area contributed by atoms with E-state index in [1.165, 1.54) is 18.9 Å². The van der Waals surface area contributed by atoms with Crippen LogP contribution in [0.5, 0.6) is 11.5 Å². The minimum absolute atomic E-state index is 0.262. The average molecular weight is 542 g/mol. The number of ether oxygens (including phenoxy) is 2. The number of carbonyl (C=O) groups excluding carboxylic acids is 1. The molecule has 1 heterocycles. The summed E-state index contributed by atoms with van der Waals surface area (Å²) in [4.78, 5) is 28.0. The lowest BCUT2D eigenvalue weighted by atomic mass is 10.2. The Bertz CT molecular complexity index is 1040. The Morgan fingerprint density at radius 3 is 2.72 bits per heavy atom. The zero-order chi connectivity index (χ0) is 21.0. The maximum Gasteiger partial charge on any atom is 0.341 e. The highest BCUT2D eigenvalue weighted by Gasteiger charge is 2.24. The Balaban J connectivity index is 1.86. The highest BCUT2D eigenvalue weighted by Crippen LogP contribution is 2.38. The summed E-state index contributed by atoms with van der Waals surface area (Å²) in [6, 6.07) is 10.8. The number of benzene rings is 2. The van der Waals surface area contributed by atoms with E-state index in [1.807, 2.05) is 24.3 Å². The third kappa shape index (κ3) is 5.40. The monoisotopic (exact) mass is 540 g/mol. The van der Waals surface area contributed by atoms with Crippen LogP contribution in [0.3, 0.4) is 0 Å². The predicted octanol–water partition coefficient (Wildman–Crippen LogP) is 4.58. The van der Waals surface area contributed by atoms with Crippen molar-refractivity contribution in [3.05, 3.63) is 55.8 Å². The summed E-state index contributed by atoms with van der Waals surface area (Å²) in [6.07, 6.45) is 1.69. The minimum atomic E-state index is -1.10. The first-order chi connectivity index (χ1) is 13.9. The van der Waals surface area contributed by atoms with Crippen LogP contribution in [-0.2, 0) is 9.59 Å². The van der Waals surface area contributed by atoms with Gasteiger partial charge < -0.3 is 19.9 Å². The number of carbonyl (C=O) groups is 2. The Morgan fingerprint density at radius 2 is 2.03 bits per heavy atom. The van der Waals surface area contributed by atoms with Gasteiger partial charge in [-0.3, -0.25) is 4.79 Å². The van der Waals surface area contributed by atoms with Gasteiger partial charge in [-0.05, 0) is 79.5 Å². The molecule has 2 aromatic carbocycles. The molecule has 1 saturated heterocycles. The van der Waals surface area contributed by atoms with Crippen LogP contribution in [0.25, 0.3) is 6.08 Å². The molecule has 7 nitrogen and oxygen atoms in total. The minimum Gasteiger partial charge on any atom is -0.493 e. The molecular weight excluding hydrogens is 528 g/mol. The van der Waals surface area contributed by atoms with Gasteiger partial charge in [0.25, 0.3) is 5.91 Å². The number of halogens is 2. The normalized spacial score (nSPS) is 16.2. The topological polar surface area (TPSA) is 97.2 Å². The quantitative estimate of drug-likeness (QED) is 0.520. The smallest absolute Gasteiger partial charge is 0.341 e. The molecule has 2 aromatic rings. The summed E-state index contributed by atoms with van der Waals surface area (Å²) in [6.45, 7) is -0.497. The second kappa shape index (κ2) is 9.47. The predicted molar refractivity (Wildman–Crippen MR) is 119 cm³/mol. The molecule has 0 spiro atoms. The molecule has 0 saturated carbocycles. The van der Waals surface area contributed by atoms with Crippen molar-refractivity contribution < 1.29 is 24.2 Å². The molecule has 1 fully saturated rings. The van der Waals surface area contributed by atoms with E-state index in [4.69, 9.17) is 14.6 Å². The number of hydrogen-bond acceptors (Lipinski definition) is 6. The highest BCUT2D eigenvalue weighted by atomic mass is 79.9. The van der Waals surface area contributed by atoms with Gasteiger partial charge in [0, 0.05) is 4.47 Å². The van der Waals surface area contributed by atoms with Gasteiger partial charge in [-0.1, -0.05) is 12.1 Å². The zero-order valence-electron chi connectivity index (χ0n) is 14.9. The van der Waals surface area contributed by atoms with Gasteiger partial charge in [-0.25, -0.2) is 9.79 Å². The second-order valence-corrected chi connectivity index (χ2v) is 8.39. The molecule has 0 aromatic heterocycles. The molecule has 0 bridgehead atoms. The Labute approximate surface area is 187 Å². The molecule has 0 atom stereocenters. The van der Waals surface area contributed by atoms with Gasteiger partial charge in [0.1, 0.15) is 0 Å². The molecular formula is C19H14Br2N2O5S. The maximum atomic E-state index is 12.3. The van der Waals surface area contributed by atoms with Crippen LogP contribution >= 0.6 is 43.6 Å². The van der Waals surface area contributed by atoms with Crippen LogP contribution in [0.1, 0.15) is 5.56 Å². The fourth-order valence-corrected chi connectivity index (χ4v) is 4.16. The summed E-state index contributed by atoms with van der Waals surface area (Å²) < 4.78 is 11.9. The number of aliphatic imine (C=N–C) groups is 1. The van der Waals surface area contributed by atoms with E-state index in [1.54, 1.807) is 18.2 Å². The molecule has 1 amide bonds. The standard InChI is InChI=1S/C19H14Br2N2O5S/c1-27-14-7-10(6-12(21)17(14)28-9-16(24)25)8-15-18(26)23-19(29-15)22-13-5-3-2-4-11(13)20/h2-8H,9H2,1H3,(H,24,25)(H,22,23,26)/b15-8+. The number of rotatable bonds is 6. The van der Waals surface area contributed by atoms with Crippen molar-refractivity contribution in [1.29, 1.82) is 0 Å². The zero-order valence-corrected chi connectivity index (χ0v) is 18.9. The molecule has 0 radical (unpaired) electrons. The average Bonchev–Trinajstić information content (AvgIpc) is 3.01. The van der Waals surface area contributed by atoms with Gasteiger partial charge in [-0.15, -0.1) is 0 Å². The number of nitrogens with zero attached hydrogens (tertiary/aromatic N) is 1. The van der Waals surface area contributed by atoms with Crippen LogP contribution < -0.4 is 14.8 Å². The molecule has 29 heavy (non-hydrogen) atoms. The first-order valence-electron chi connectivity index (χ1n) is 8.13. The molecule has 150 valence electrons. The lowest BCUT2D eigenvalue weighted by molar-refractivity contribution is -0.139. The Kier molecular flexibility index (Phi) is 6.99. The van der Waals surface area contributed by atoms with Crippen LogP contribution in [0.2, 0.25) is 0 Å². The van der Waals surface area contributed by atoms with Crippen molar-refractivity contribution in [2.45, 2.75) is 0 Å². The van der Waals surface area contributed by atoms with E-state index < -0.39 is 12.6 Å². The number of carboxylic acids is 1. The number of methoxy groups -OCH3 is 1. The van der Waals surface area contributed by atoms with Crippen molar-refractivity contribution >= 4 is 72.4 Å². The number of aliphatic carboxylic acids is 1. The fourth-order valence-electron chi connectivity index (χ4n) is 2.38. The SMILES string of the molecule is COc1cc(/C=C2/SC(=Nc3ccccc3Br)NC2=O)cc(Br)c1OCC(=O)O. The van der Waals surface area contributed by atoms with E-state index in [-0.39, 0.29) is 11.7 Å². The van der Waals surface area contributed by atoms with Gasteiger partial charge >= 0.3 is 5.97 Å². The second-order valence-electron chi connectivity index (χ2n) is 5.65. The largest absolute Gasteiger partial charge is 0.493 e. The molecule has 2 N–H and O–H groups in total. The van der Waals surface area contributed by atoms with Crippen LogP contribution in [-0.4, -0.2) is 35.9 Å². The van der Waals surface area contributed by atoms with Crippen molar-refractivity contribution in [3.8, 4) is 11.5 Å². The van der Waals surface area contributed by atoms with E-state index in [2.05, 4.69) is 42.2 Å². The third-order valence-corrected chi connectivity index (χ3v) is 5.78. The maximum absolute atomic E-state index is 12.3. The lowest BCUT2D eigenvalue weighted by Gasteiger charge is -2.12. The van der Waals surface area contributed by atoms with E-state index in [0.29, 0.717) is 31.5 Å². The summed E-state index contributed by atoms with van der Waals surface area (Å²) in [5.41, 5.74) is 1.39. The molecule has 0 unspecified atom stereocenters. The van der Waals surface area contributed by atoms with Crippen LogP contribution in [0, 0.1) is 0 Å². The highest BCUT2D eigenvalue weighted by molar-refractivity contribution is 9.11. The van der Waals surface area contributed by atoms with Gasteiger partial charge in [0.2, 0.25) is 0 Å². The van der Waals surface area contributed by atoms with E-state index >= 15 is 0 Å². The Morgan fingerprint density at radius 1 is 1.28 bits per heavy atom. The van der Waals surface area contributed by atoms with Crippen molar-refractivity contribution in [2.75, 3.05) is 13.7 Å². The lowest BCUT2D eigenvalue weighted by Crippen LogP contribution is -2.19. The van der Waals surface area contributed by atoms with Crippen molar-refractivity contribution in [3.63, 3.8) is 0 Å². The number of carboxylic acid groups (broad SMARTS) is 1. The first-order valence-corrected chi connectivity index (χ1v) is 10.5. The molecule has 1 aliphatic heterocycles. The van der Waals surface area contributed by atoms with E-state index in [9.17, 15) is 9.59 Å². The molecule has 3 rings (SSSR count). The number of hydrogen-bond donors (Lipinski definition) is 2. The van der Waals surface area contributed by atoms with Gasteiger partial charge in [0.15, 0.2) is 23.3 Å². The van der Waals surface area contributed by atoms with Crippen LogP contribution in [0.4, 0.5) is 5.69 Å². The number of amidine groups is 1. The van der Waals surface area contributed by atoms with Crippen molar-refractivity contribution in [2.24, 2.45) is 4.99 Å². The van der Waals surface area contributed by atoms with Crippen LogP contribution in [0.15, 0.2) is 55.2 Å². The van der Waals surface area contributed by atoms with Gasteiger partial charge in [0.05, 0.1) is 22.2 Å². The first kappa shape index (κ1) is 21.4. The van der Waals surface area contributed by atoms with E-state index in [0.717, 1.165) is 4.47 Å². The Hall–Kier alpha value is -2.30.